The van der Waals surface area contributed by atoms with E-state index < -0.39 is 46.6 Å². The number of nitrogens with zero attached hydrogens (tertiary/aromatic N) is 4. The van der Waals surface area contributed by atoms with E-state index in [1.807, 2.05) is 10.6 Å². The molecule has 0 aliphatic rings. The Balaban J connectivity index is 1.50. The molecule has 0 saturated carbocycles. The second-order valence-electron chi connectivity index (χ2n) is 7.81. The number of benzene rings is 2. The van der Waals surface area contributed by atoms with E-state index in [0.717, 1.165) is 18.5 Å². The van der Waals surface area contributed by atoms with Crippen molar-refractivity contribution in [2.24, 2.45) is 0 Å². The number of urea groups is 1. The molecule has 4 N–H and O–H groups in total. The van der Waals surface area contributed by atoms with Gasteiger partial charge in [0.15, 0.2) is 18.0 Å². The fourth-order valence-corrected chi connectivity index (χ4v) is 3.76. The zero-order valence-electron chi connectivity index (χ0n) is 18.6. The zero-order chi connectivity index (χ0) is 27.2. The van der Waals surface area contributed by atoms with Crippen LogP contribution in [0.25, 0.3) is 28.0 Å². The summed E-state index contributed by atoms with van der Waals surface area (Å²) >= 11 is 0. The lowest BCUT2D eigenvalue weighted by Gasteiger charge is -2.13. The Morgan fingerprint density at radius 2 is 1.76 bits per heavy atom. The quantitative estimate of drug-likeness (QED) is 0.254. The van der Waals surface area contributed by atoms with E-state index in [2.05, 4.69) is 15.1 Å². The third kappa shape index (κ3) is 4.44. The van der Waals surface area contributed by atoms with Crippen LogP contribution in [0.1, 0.15) is 5.56 Å². The van der Waals surface area contributed by atoms with Crippen LogP contribution >= 0.6 is 0 Å². The van der Waals surface area contributed by atoms with Crippen molar-refractivity contribution < 1.29 is 35.6 Å². The number of aromatic nitrogens is 4. The Morgan fingerprint density at radius 3 is 2.42 bits per heavy atom. The summed E-state index contributed by atoms with van der Waals surface area (Å²) < 4.78 is 89.4. The minimum absolute atomic E-state index is 0.00808. The highest BCUT2D eigenvalue weighted by atomic mass is 19.4. The highest BCUT2D eigenvalue weighted by Crippen LogP contribution is 2.40. The maximum Gasteiger partial charge on any atom is 0.416 e. The number of nitrogens with two attached hydrogens (primary N) is 1. The van der Waals surface area contributed by atoms with Crippen molar-refractivity contribution >= 4 is 28.7 Å². The molecule has 15 heteroatoms. The summed E-state index contributed by atoms with van der Waals surface area (Å²) in [6.07, 6.45) is 0.369. The molecular formula is C23H13F6N7O2. The number of carbonyl (C=O) groups is 1. The Bertz CT molecular complexity index is 1660. The number of nitrogens with one attached hydrogen (secondary N) is 2. The second-order valence-corrected chi connectivity index (χ2v) is 7.81. The van der Waals surface area contributed by atoms with Crippen LogP contribution in [-0.2, 0) is 6.18 Å². The first-order chi connectivity index (χ1) is 18.0. The van der Waals surface area contributed by atoms with Gasteiger partial charge in [-0.15, -0.1) is 0 Å². The van der Waals surface area contributed by atoms with E-state index in [-0.39, 0.29) is 28.2 Å². The van der Waals surface area contributed by atoms with Crippen LogP contribution in [0.15, 0.2) is 59.9 Å². The summed E-state index contributed by atoms with van der Waals surface area (Å²) in [6.45, 7) is 0. The minimum atomic E-state index is -4.81. The van der Waals surface area contributed by atoms with E-state index in [9.17, 15) is 22.4 Å². The zero-order valence-corrected chi connectivity index (χ0v) is 18.6. The van der Waals surface area contributed by atoms with E-state index in [1.165, 1.54) is 23.2 Å². The molecule has 5 aromatic rings. The second kappa shape index (κ2) is 9.10. The van der Waals surface area contributed by atoms with Crippen LogP contribution in [-0.4, -0.2) is 25.6 Å². The topological polar surface area (TPSA) is 123 Å². The predicted molar refractivity (Wildman–Crippen MR) is 122 cm³/mol. The van der Waals surface area contributed by atoms with Crippen LogP contribution in [0.2, 0.25) is 0 Å². The number of oxazole rings is 1. The number of halogens is 6. The summed E-state index contributed by atoms with van der Waals surface area (Å²) in [6, 6.07) is 1.70. The minimum Gasteiger partial charge on any atom is -0.443 e. The third-order valence-corrected chi connectivity index (χ3v) is 5.41. The van der Waals surface area contributed by atoms with Crippen molar-refractivity contribution in [2.75, 3.05) is 16.4 Å². The molecule has 2 aromatic carbocycles. The molecule has 3 aromatic heterocycles. The maximum absolute atomic E-state index is 15.1. The van der Waals surface area contributed by atoms with Gasteiger partial charge >= 0.3 is 12.2 Å². The third-order valence-electron chi connectivity index (χ3n) is 5.41. The molecule has 0 aliphatic carbocycles. The molecule has 0 saturated heterocycles. The van der Waals surface area contributed by atoms with E-state index >= 15 is 8.78 Å². The molecule has 38 heavy (non-hydrogen) atoms. The molecule has 3 heterocycles. The summed E-state index contributed by atoms with van der Waals surface area (Å²) in [5.74, 6) is -3.47. The van der Waals surface area contributed by atoms with Crippen LogP contribution in [0.5, 0.6) is 0 Å². The monoisotopic (exact) mass is 533 g/mol. The number of alkyl halides is 3. The molecule has 0 aliphatic heterocycles. The molecule has 0 bridgehead atoms. The molecule has 0 radical (unpaired) electrons. The van der Waals surface area contributed by atoms with Gasteiger partial charge in [-0.25, -0.2) is 32.4 Å². The fraction of sp³-hybridized carbons (Fsp3) is 0.0435. The van der Waals surface area contributed by atoms with E-state index in [1.54, 1.807) is 0 Å². The molecule has 2 amide bonds. The van der Waals surface area contributed by atoms with Crippen molar-refractivity contribution in [3.63, 3.8) is 0 Å². The van der Waals surface area contributed by atoms with Crippen molar-refractivity contribution in [3.8, 4) is 22.5 Å². The molecule has 0 atom stereocenters. The average Bonchev–Trinajstić information content (AvgIpc) is 3.50. The highest BCUT2D eigenvalue weighted by Gasteiger charge is 2.31. The standard InChI is InChI=1S/C23H13F6N7O2/c24-13-2-1-11(23(27,28)29)5-16(13)34-22(37)35-19-14(25)3-10(4-15(19)26)18-12(17-6-31-9-38-17)7-36-20(18)21(30)32-8-33-36/h1-9H,(H2,30,32,33)(H2,34,35,37). The van der Waals surface area contributed by atoms with Crippen molar-refractivity contribution in [3.05, 3.63) is 78.5 Å². The van der Waals surface area contributed by atoms with E-state index in [0.29, 0.717) is 23.8 Å². The molecule has 194 valence electrons. The number of hydrogen-bond donors (Lipinski definition) is 3. The average molecular weight is 533 g/mol. The number of rotatable bonds is 4. The first-order valence-corrected chi connectivity index (χ1v) is 10.5. The molecular weight excluding hydrogens is 520 g/mol. The number of hydrogen-bond acceptors (Lipinski definition) is 6. The van der Waals surface area contributed by atoms with Crippen molar-refractivity contribution in [1.82, 2.24) is 19.6 Å². The van der Waals surface area contributed by atoms with Crippen LogP contribution in [0.3, 0.4) is 0 Å². The normalized spacial score (nSPS) is 11.6. The Hall–Kier alpha value is -5.08. The van der Waals surface area contributed by atoms with Gasteiger partial charge in [-0.05, 0) is 35.9 Å². The summed E-state index contributed by atoms with van der Waals surface area (Å²) in [5, 5.41) is 7.70. The Labute approximate surface area is 207 Å². The lowest BCUT2D eigenvalue weighted by atomic mass is 10.0. The predicted octanol–water partition coefficient (Wildman–Crippen LogP) is 5.71. The van der Waals surface area contributed by atoms with Crippen LogP contribution in [0.4, 0.5) is 48.3 Å². The van der Waals surface area contributed by atoms with Gasteiger partial charge in [0.1, 0.15) is 35.0 Å². The van der Waals surface area contributed by atoms with Crippen LogP contribution in [0, 0.1) is 17.5 Å². The molecule has 9 nitrogen and oxygen atoms in total. The van der Waals surface area contributed by atoms with Gasteiger partial charge in [0.05, 0.1) is 17.4 Å². The van der Waals surface area contributed by atoms with Gasteiger partial charge in [0.25, 0.3) is 0 Å². The summed E-state index contributed by atoms with van der Waals surface area (Å²) in [4.78, 5) is 20.0. The van der Waals surface area contributed by atoms with E-state index in [4.69, 9.17) is 10.2 Å². The van der Waals surface area contributed by atoms with Gasteiger partial charge in [0.2, 0.25) is 0 Å². The van der Waals surface area contributed by atoms with Gasteiger partial charge in [-0.1, -0.05) is 0 Å². The number of nitrogen functional groups attached to an aromatic ring is 1. The number of fused-ring (bicyclic) bond motifs is 1. The van der Waals surface area contributed by atoms with Gasteiger partial charge in [-0.3, -0.25) is 0 Å². The van der Waals surface area contributed by atoms with Crippen molar-refractivity contribution in [1.29, 1.82) is 0 Å². The Morgan fingerprint density at radius 1 is 1.03 bits per heavy atom. The summed E-state index contributed by atoms with van der Waals surface area (Å²) in [5.41, 5.74) is 3.65. The van der Waals surface area contributed by atoms with Gasteiger partial charge in [0, 0.05) is 17.3 Å². The fourth-order valence-electron chi connectivity index (χ4n) is 3.76. The van der Waals surface area contributed by atoms with Crippen molar-refractivity contribution in [2.45, 2.75) is 6.18 Å². The smallest absolute Gasteiger partial charge is 0.416 e. The molecule has 0 spiro atoms. The number of amides is 2. The largest absolute Gasteiger partial charge is 0.443 e. The first-order valence-electron chi connectivity index (χ1n) is 10.5. The van der Waals surface area contributed by atoms with Gasteiger partial charge in [-0.2, -0.15) is 18.3 Å². The number of anilines is 3. The van der Waals surface area contributed by atoms with Crippen LogP contribution < -0.4 is 16.4 Å². The lowest BCUT2D eigenvalue weighted by Crippen LogP contribution is -2.22. The Kier molecular flexibility index (Phi) is 5.89. The summed E-state index contributed by atoms with van der Waals surface area (Å²) in [7, 11) is 0. The lowest BCUT2D eigenvalue weighted by molar-refractivity contribution is -0.137. The maximum atomic E-state index is 15.1. The SMILES string of the molecule is Nc1ncnn2cc(-c3cnco3)c(-c3cc(F)c(NC(=O)Nc4cc(C(F)(F)F)ccc4F)c(F)c3)c12. The van der Waals surface area contributed by atoms with Gasteiger partial charge < -0.3 is 20.8 Å². The molecule has 0 fully saturated rings. The molecule has 5 rings (SSSR count). The highest BCUT2D eigenvalue weighted by molar-refractivity contribution is 6.01. The molecule has 0 unspecified atom stereocenters. The number of carbonyl (C=O) groups excluding carboxylic acids is 1. The first kappa shape index (κ1) is 24.6.